The Hall–Kier alpha value is -2.21. The highest BCUT2D eigenvalue weighted by atomic mass is 32.1. The van der Waals surface area contributed by atoms with Crippen LogP contribution in [0.4, 0.5) is 10.1 Å². The molecule has 0 bridgehead atoms. The van der Waals surface area contributed by atoms with Crippen LogP contribution in [0.15, 0.2) is 40.9 Å². The average molecular weight is 306 g/mol. The Bertz CT molecular complexity index is 641. The van der Waals surface area contributed by atoms with E-state index in [4.69, 9.17) is 4.84 Å². The van der Waals surface area contributed by atoms with Crippen molar-refractivity contribution in [3.8, 4) is 0 Å². The average Bonchev–Trinajstić information content (AvgIpc) is 2.95. The molecule has 21 heavy (non-hydrogen) atoms. The lowest BCUT2D eigenvalue weighted by molar-refractivity contribution is -0.126. The van der Waals surface area contributed by atoms with Gasteiger partial charge in [-0.3, -0.25) is 4.79 Å². The molecule has 0 aliphatic rings. The van der Waals surface area contributed by atoms with Gasteiger partial charge in [0.1, 0.15) is 5.82 Å². The number of thiophene rings is 1. The minimum atomic E-state index is -0.818. The standard InChI is InChI=1S/C15H15FN2O2S/c1-10-5-6-14(13(16)8-10)18-15(19)11(2)20-17-9-12-4-3-7-21-12/h3-9,11H,1-2H3,(H,18,19). The zero-order valence-electron chi connectivity index (χ0n) is 11.7. The summed E-state index contributed by atoms with van der Waals surface area (Å²) in [6.45, 7) is 3.33. The van der Waals surface area contributed by atoms with Gasteiger partial charge in [-0.15, -0.1) is 11.3 Å². The van der Waals surface area contributed by atoms with Gasteiger partial charge < -0.3 is 10.2 Å². The molecule has 4 nitrogen and oxygen atoms in total. The van der Waals surface area contributed by atoms with E-state index in [1.165, 1.54) is 29.7 Å². The number of amides is 1. The Labute approximate surface area is 126 Å². The molecule has 110 valence electrons. The molecular formula is C15H15FN2O2S. The SMILES string of the molecule is Cc1ccc(NC(=O)C(C)ON=Cc2cccs2)c(F)c1. The van der Waals surface area contributed by atoms with Gasteiger partial charge in [0.2, 0.25) is 6.10 Å². The number of halogens is 1. The van der Waals surface area contributed by atoms with Crippen LogP contribution in [0.2, 0.25) is 0 Å². The number of hydrogen-bond donors (Lipinski definition) is 1. The molecule has 0 aliphatic heterocycles. The molecule has 1 N–H and O–H groups in total. The summed E-state index contributed by atoms with van der Waals surface area (Å²) in [5.74, 6) is -0.932. The molecule has 1 amide bonds. The number of aryl methyl sites for hydroxylation is 1. The Morgan fingerprint density at radius 3 is 2.95 bits per heavy atom. The predicted octanol–water partition coefficient (Wildman–Crippen LogP) is 3.57. The molecular weight excluding hydrogens is 291 g/mol. The van der Waals surface area contributed by atoms with E-state index in [2.05, 4.69) is 10.5 Å². The van der Waals surface area contributed by atoms with Crippen molar-refractivity contribution in [3.63, 3.8) is 0 Å². The number of oxime groups is 1. The largest absolute Gasteiger partial charge is 0.383 e. The Balaban J connectivity index is 1.90. The first kappa shape index (κ1) is 15.2. The fourth-order valence-electron chi connectivity index (χ4n) is 1.54. The Morgan fingerprint density at radius 2 is 2.29 bits per heavy atom. The molecule has 0 aliphatic carbocycles. The molecule has 1 aromatic heterocycles. The third-order valence-corrected chi connectivity index (χ3v) is 3.50. The van der Waals surface area contributed by atoms with Crippen LogP contribution >= 0.6 is 11.3 Å². The molecule has 6 heteroatoms. The number of nitrogens with zero attached hydrogens (tertiary/aromatic N) is 1. The van der Waals surface area contributed by atoms with E-state index in [1.807, 2.05) is 17.5 Å². The third-order valence-electron chi connectivity index (χ3n) is 2.69. The zero-order valence-corrected chi connectivity index (χ0v) is 12.5. The lowest BCUT2D eigenvalue weighted by atomic mass is 10.2. The summed E-state index contributed by atoms with van der Waals surface area (Å²) in [7, 11) is 0. The normalized spacial score (nSPS) is 12.3. The summed E-state index contributed by atoms with van der Waals surface area (Å²) in [5.41, 5.74) is 0.915. The van der Waals surface area contributed by atoms with Crippen molar-refractivity contribution >= 4 is 29.1 Å². The molecule has 0 fully saturated rings. The first-order valence-corrected chi connectivity index (χ1v) is 7.24. The first-order chi connectivity index (χ1) is 10.1. The zero-order chi connectivity index (χ0) is 15.2. The molecule has 1 unspecified atom stereocenters. The van der Waals surface area contributed by atoms with Crippen molar-refractivity contribution in [3.05, 3.63) is 52.0 Å². The second-order valence-corrected chi connectivity index (χ2v) is 5.45. The van der Waals surface area contributed by atoms with Crippen molar-refractivity contribution in [2.24, 2.45) is 5.16 Å². The van der Waals surface area contributed by atoms with Gasteiger partial charge in [0, 0.05) is 4.88 Å². The van der Waals surface area contributed by atoms with Crippen LogP contribution in [0, 0.1) is 12.7 Å². The van der Waals surface area contributed by atoms with Crippen molar-refractivity contribution in [1.29, 1.82) is 0 Å². The van der Waals surface area contributed by atoms with Gasteiger partial charge in [-0.25, -0.2) is 4.39 Å². The quantitative estimate of drug-likeness (QED) is 0.678. The molecule has 0 spiro atoms. The fourth-order valence-corrected chi connectivity index (χ4v) is 2.12. The topological polar surface area (TPSA) is 50.7 Å². The van der Waals surface area contributed by atoms with Crippen molar-refractivity contribution in [2.45, 2.75) is 20.0 Å². The van der Waals surface area contributed by atoms with Crippen LogP contribution in [0.1, 0.15) is 17.4 Å². The first-order valence-electron chi connectivity index (χ1n) is 6.36. The number of carbonyl (C=O) groups is 1. The number of nitrogens with one attached hydrogen (secondary N) is 1. The van der Waals surface area contributed by atoms with Crippen LogP contribution in [0.3, 0.4) is 0 Å². The minimum absolute atomic E-state index is 0.128. The smallest absolute Gasteiger partial charge is 0.268 e. The van der Waals surface area contributed by atoms with E-state index in [9.17, 15) is 9.18 Å². The highest BCUT2D eigenvalue weighted by molar-refractivity contribution is 7.11. The lowest BCUT2D eigenvalue weighted by Gasteiger charge is -2.11. The second-order valence-electron chi connectivity index (χ2n) is 4.47. The van der Waals surface area contributed by atoms with Gasteiger partial charge in [0.25, 0.3) is 5.91 Å². The van der Waals surface area contributed by atoms with E-state index in [-0.39, 0.29) is 5.69 Å². The highest BCUT2D eigenvalue weighted by Gasteiger charge is 2.15. The van der Waals surface area contributed by atoms with E-state index in [0.29, 0.717) is 0 Å². The maximum atomic E-state index is 13.6. The van der Waals surface area contributed by atoms with Crippen molar-refractivity contribution in [2.75, 3.05) is 5.32 Å². The molecule has 0 radical (unpaired) electrons. The lowest BCUT2D eigenvalue weighted by Crippen LogP contribution is -2.26. The van der Waals surface area contributed by atoms with Crippen molar-refractivity contribution < 1.29 is 14.0 Å². The number of rotatable bonds is 5. The molecule has 0 saturated carbocycles. The highest BCUT2D eigenvalue weighted by Crippen LogP contribution is 2.15. The summed E-state index contributed by atoms with van der Waals surface area (Å²) in [6, 6.07) is 8.37. The molecule has 1 aromatic carbocycles. The van der Waals surface area contributed by atoms with Crippen LogP contribution in [0.5, 0.6) is 0 Å². The summed E-state index contributed by atoms with van der Waals surface area (Å²) in [5, 5.41) is 8.13. The van der Waals surface area contributed by atoms with Crippen LogP contribution < -0.4 is 5.32 Å². The third kappa shape index (κ3) is 4.39. The molecule has 2 aromatic rings. The predicted molar refractivity (Wildman–Crippen MR) is 82.2 cm³/mol. The van der Waals surface area contributed by atoms with Crippen LogP contribution in [-0.2, 0) is 9.63 Å². The summed E-state index contributed by atoms with van der Waals surface area (Å²) >= 11 is 1.51. The maximum absolute atomic E-state index is 13.6. The van der Waals surface area contributed by atoms with Gasteiger partial charge >= 0.3 is 0 Å². The van der Waals surface area contributed by atoms with E-state index in [0.717, 1.165) is 10.4 Å². The molecule has 2 rings (SSSR count). The number of hydrogen-bond acceptors (Lipinski definition) is 4. The van der Waals surface area contributed by atoms with Crippen LogP contribution in [-0.4, -0.2) is 18.2 Å². The Kier molecular flexibility index (Phi) is 5.05. The number of carbonyl (C=O) groups excluding carboxylic acids is 1. The number of benzene rings is 1. The fraction of sp³-hybridized carbons (Fsp3) is 0.200. The van der Waals surface area contributed by atoms with Gasteiger partial charge in [0.05, 0.1) is 11.9 Å². The van der Waals surface area contributed by atoms with Crippen LogP contribution in [0.25, 0.3) is 0 Å². The molecule has 1 heterocycles. The van der Waals surface area contributed by atoms with Gasteiger partial charge in [-0.05, 0) is 43.0 Å². The summed E-state index contributed by atoms with van der Waals surface area (Å²) in [4.78, 5) is 17.8. The minimum Gasteiger partial charge on any atom is -0.383 e. The van der Waals surface area contributed by atoms with E-state index in [1.54, 1.807) is 19.9 Å². The van der Waals surface area contributed by atoms with Gasteiger partial charge in [0.15, 0.2) is 0 Å². The molecule has 1 atom stereocenters. The monoisotopic (exact) mass is 306 g/mol. The summed E-state index contributed by atoms with van der Waals surface area (Å²) < 4.78 is 13.6. The number of anilines is 1. The summed E-state index contributed by atoms with van der Waals surface area (Å²) in [6.07, 6.45) is 0.711. The van der Waals surface area contributed by atoms with E-state index < -0.39 is 17.8 Å². The van der Waals surface area contributed by atoms with E-state index >= 15 is 0 Å². The Morgan fingerprint density at radius 1 is 1.48 bits per heavy atom. The van der Waals surface area contributed by atoms with Gasteiger partial charge in [-0.1, -0.05) is 17.3 Å². The van der Waals surface area contributed by atoms with Crippen molar-refractivity contribution in [1.82, 2.24) is 0 Å². The molecule has 0 saturated heterocycles. The van der Waals surface area contributed by atoms with Gasteiger partial charge in [-0.2, -0.15) is 0 Å². The maximum Gasteiger partial charge on any atom is 0.268 e. The second kappa shape index (κ2) is 6.99.